The average molecular weight is 402 g/mol. The molecule has 1 aromatic carbocycles. The topological polar surface area (TPSA) is 118 Å². The zero-order valence-electron chi connectivity index (χ0n) is 16.3. The van der Waals surface area contributed by atoms with Gasteiger partial charge in [0.25, 0.3) is 5.56 Å². The van der Waals surface area contributed by atoms with Gasteiger partial charge in [-0.15, -0.1) is 0 Å². The quantitative estimate of drug-likeness (QED) is 0.706. The van der Waals surface area contributed by atoms with Crippen LogP contribution in [0, 0.1) is 23.1 Å². The summed E-state index contributed by atoms with van der Waals surface area (Å²) in [6.45, 7) is 3.07. The van der Waals surface area contributed by atoms with Crippen LogP contribution in [-0.4, -0.2) is 42.0 Å². The van der Waals surface area contributed by atoms with Crippen LogP contribution in [0.2, 0.25) is 0 Å². The van der Waals surface area contributed by atoms with E-state index in [-0.39, 0.29) is 46.9 Å². The third-order valence-electron chi connectivity index (χ3n) is 5.99. The molecule has 4 rings (SSSR count). The molecular formula is C19H23FN6O3. The van der Waals surface area contributed by atoms with Gasteiger partial charge < -0.3 is 20.8 Å². The summed E-state index contributed by atoms with van der Waals surface area (Å²) >= 11 is 0. The smallest absolute Gasteiger partial charge is 0.350 e. The van der Waals surface area contributed by atoms with Gasteiger partial charge in [0, 0.05) is 19.1 Å². The summed E-state index contributed by atoms with van der Waals surface area (Å²) in [5.41, 5.74) is -0.876. The van der Waals surface area contributed by atoms with Gasteiger partial charge in [0.15, 0.2) is 11.6 Å². The Balaban J connectivity index is 1.87. The molecule has 2 aliphatic rings. The largest absolute Gasteiger partial charge is 0.487 e. The summed E-state index contributed by atoms with van der Waals surface area (Å²) in [7, 11) is 1.81. The van der Waals surface area contributed by atoms with E-state index < -0.39 is 17.1 Å². The summed E-state index contributed by atoms with van der Waals surface area (Å²) in [4.78, 5) is 27.0. The highest BCUT2D eigenvalue weighted by molar-refractivity contribution is 5.91. The second kappa shape index (κ2) is 7.08. The second-order valence-electron chi connectivity index (χ2n) is 7.67. The highest BCUT2D eigenvalue weighted by Gasteiger charge is 2.35. The Labute approximate surface area is 166 Å². The van der Waals surface area contributed by atoms with Crippen LogP contribution in [0.3, 0.4) is 0 Å². The maximum absolute atomic E-state index is 15.2. The van der Waals surface area contributed by atoms with Gasteiger partial charge in [0.1, 0.15) is 17.8 Å². The predicted molar refractivity (Wildman–Crippen MR) is 106 cm³/mol. The fourth-order valence-electron chi connectivity index (χ4n) is 4.48. The molecule has 0 saturated carbocycles. The standard InChI is InChI=1S/C19H23FN6O3/c1-10-9-29-17-15-12(18(27)26(22)19(28)25(10)15)7-13(20)16(17)24-6-4-11(8-24)14(23-2)3-5-21/h7,10-11,14,23H,3-4,6,8-9,22H2,1-2H3. The molecule has 2 aromatic rings. The highest BCUT2D eigenvalue weighted by atomic mass is 19.1. The third-order valence-corrected chi connectivity index (χ3v) is 5.99. The summed E-state index contributed by atoms with van der Waals surface area (Å²) in [5.74, 6) is 5.41. The molecule has 1 fully saturated rings. The number of nitrogen functional groups attached to an aromatic ring is 1. The van der Waals surface area contributed by atoms with Crippen molar-refractivity contribution >= 4 is 16.6 Å². The fourth-order valence-corrected chi connectivity index (χ4v) is 4.48. The Morgan fingerprint density at radius 2 is 2.24 bits per heavy atom. The lowest BCUT2D eigenvalue weighted by atomic mass is 9.97. The van der Waals surface area contributed by atoms with Gasteiger partial charge >= 0.3 is 5.69 Å². The molecule has 0 aliphatic carbocycles. The number of benzene rings is 1. The average Bonchev–Trinajstić information content (AvgIpc) is 3.18. The Kier molecular flexibility index (Phi) is 4.70. The Morgan fingerprint density at radius 3 is 2.93 bits per heavy atom. The number of rotatable bonds is 4. The molecule has 0 amide bonds. The molecule has 154 valence electrons. The van der Waals surface area contributed by atoms with E-state index in [1.807, 2.05) is 11.9 Å². The maximum Gasteiger partial charge on any atom is 0.350 e. The Hall–Kier alpha value is -3.06. The molecule has 0 bridgehead atoms. The van der Waals surface area contributed by atoms with Crippen molar-refractivity contribution < 1.29 is 9.13 Å². The Morgan fingerprint density at radius 1 is 1.48 bits per heavy atom. The van der Waals surface area contributed by atoms with Crippen molar-refractivity contribution in [3.63, 3.8) is 0 Å². The predicted octanol–water partition coefficient (Wildman–Crippen LogP) is 0.297. The first-order chi connectivity index (χ1) is 13.9. The zero-order valence-corrected chi connectivity index (χ0v) is 16.3. The number of nitrogens with two attached hydrogens (primary N) is 1. The van der Waals surface area contributed by atoms with Crippen LogP contribution in [0.25, 0.3) is 10.9 Å². The molecule has 0 radical (unpaired) electrons. The number of ether oxygens (including phenoxy) is 1. The molecule has 29 heavy (non-hydrogen) atoms. The first kappa shape index (κ1) is 19.3. The van der Waals surface area contributed by atoms with Gasteiger partial charge in [0.05, 0.1) is 23.9 Å². The number of hydrogen-bond acceptors (Lipinski definition) is 7. The second-order valence-corrected chi connectivity index (χ2v) is 7.67. The fraction of sp³-hybridized carbons (Fsp3) is 0.526. The van der Waals surface area contributed by atoms with Gasteiger partial charge in [0.2, 0.25) is 0 Å². The van der Waals surface area contributed by atoms with Crippen molar-refractivity contribution in [2.24, 2.45) is 5.92 Å². The monoisotopic (exact) mass is 402 g/mol. The molecular weight excluding hydrogens is 379 g/mol. The van der Waals surface area contributed by atoms with E-state index in [2.05, 4.69) is 11.4 Å². The first-order valence-corrected chi connectivity index (χ1v) is 9.59. The Bertz CT molecular complexity index is 1130. The maximum atomic E-state index is 15.2. The number of nitrogens with zero attached hydrogens (tertiary/aromatic N) is 4. The van der Waals surface area contributed by atoms with E-state index in [0.29, 0.717) is 24.2 Å². The number of nitrogens with one attached hydrogen (secondary N) is 1. The molecule has 2 aliphatic heterocycles. The number of aromatic nitrogens is 2. The number of nitriles is 1. The zero-order chi connectivity index (χ0) is 20.9. The van der Waals surface area contributed by atoms with Crippen LogP contribution in [-0.2, 0) is 0 Å². The molecule has 1 saturated heterocycles. The lowest BCUT2D eigenvalue weighted by Gasteiger charge is -2.30. The van der Waals surface area contributed by atoms with E-state index in [1.165, 1.54) is 4.57 Å². The van der Waals surface area contributed by atoms with Crippen LogP contribution >= 0.6 is 0 Å². The molecule has 10 heteroatoms. The molecule has 3 N–H and O–H groups in total. The van der Waals surface area contributed by atoms with Crippen molar-refractivity contribution in [1.82, 2.24) is 14.6 Å². The molecule has 0 spiro atoms. The van der Waals surface area contributed by atoms with Crippen LogP contribution in [0.4, 0.5) is 10.1 Å². The van der Waals surface area contributed by atoms with Crippen LogP contribution < -0.4 is 32.0 Å². The summed E-state index contributed by atoms with van der Waals surface area (Å²) < 4.78 is 22.9. The number of anilines is 1. The highest BCUT2D eigenvalue weighted by Crippen LogP contribution is 2.42. The van der Waals surface area contributed by atoms with Gasteiger partial charge in [-0.3, -0.25) is 9.36 Å². The van der Waals surface area contributed by atoms with E-state index in [9.17, 15) is 9.59 Å². The minimum absolute atomic E-state index is 0.00781. The minimum atomic E-state index is -0.755. The van der Waals surface area contributed by atoms with Crippen LogP contribution in [0.1, 0.15) is 25.8 Å². The SMILES string of the molecule is CNC(CC#N)C1CCN(c2c(F)cc3c(=O)n(N)c(=O)n4c3c2OCC4C)C1. The van der Waals surface area contributed by atoms with E-state index in [1.54, 1.807) is 6.92 Å². The normalized spacial score (nSPS) is 21.8. The molecule has 3 unspecified atom stereocenters. The van der Waals surface area contributed by atoms with Crippen molar-refractivity contribution in [3.8, 4) is 11.8 Å². The number of halogens is 1. The van der Waals surface area contributed by atoms with Crippen molar-refractivity contribution in [2.45, 2.75) is 31.8 Å². The summed E-state index contributed by atoms with van der Waals surface area (Å²) in [5, 5.41) is 12.2. The summed E-state index contributed by atoms with van der Waals surface area (Å²) in [6.07, 6.45) is 1.16. The van der Waals surface area contributed by atoms with Crippen molar-refractivity contribution in [2.75, 3.05) is 37.5 Å². The van der Waals surface area contributed by atoms with Crippen molar-refractivity contribution in [3.05, 3.63) is 32.7 Å². The third kappa shape index (κ3) is 2.84. The van der Waals surface area contributed by atoms with Crippen LogP contribution in [0.15, 0.2) is 15.7 Å². The van der Waals surface area contributed by atoms with Gasteiger partial charge in [-0.25, -0.2) is 9.18 Å². The first-order valence-electron chi connectivity index (χ1n) is 9.59. The molecule has 9 nitrogen and oxygen atoms in total. The van der Waals surface area contributed by atoms with Crippen molar-refractivity contribution in [1.29, 1.82) is 5.26 Å². The molecule has 3 heterocycles. The lowest BCUT2D eigenvalue weighted by molar-refractivity contribution is 0.241. The van der Waals surface area contributed by atoms with Gasteiger partial charge in [-0.1, -0.05) is 0 Å². The van der Waals surface area contributed by atoms with Gasteiger partial charge in [-0.2, -0.15) is 9.94 Å². The number of hydrogen-bond donors (Lipinski definition) is 2. The van der Waals surface area contributed by atoms with E-state index in [0.717, 1.165) is 12.5 Å². The molecule has 3 atom stereocenters. The van der Waals surface area contributed by atoms with E-state index >= 15 is 4.39 Å². The lowest BCUT2D eigenvalue weighted by Crippen LogP contribution is -2.47. The summed E-state index contributed by atoms with van der Waals surface area (Å²) in [6, 6.07) is 2.98. The van der Waals surface area contributed by atoms with Crippen LogP contribution in [0.5, 0.6) is 5.75 Å². The van der Waals surface area contributed by atoms with E-state index in [4.69, 9.17) is 15.8 Å². The minimum Gasteiger partial charge on any atom is -0.487 e. The molecule has 1 aromatic heterocycles. The van der Waals surface area contributed by atoms with Gasteiger partial charge in [-0.05, 0) is 32.4 Å².